The predicted molar refractivity (Wildman–Crippen MR) is 87.3 cm³/mol. The molecule has 8 heteroatoms. The van der Waals surface area contributed by atoms with E-state index in [2.05, 4.69) is 10.3 Å². The highest BCUT2D eigenvalue weighted by atomic mass is 35.5. The van der Waals surface area contributed by atoms with E-state index in [0.717, 1.165) is 10.7 Å². The minimum atomic E-state index is -0.360. The number of benzene rings is 1. The van der Waals surface area contributed by atoms with Crippen LogP contribution in [0.4, 0.5) is 0 Å². The van der Waals surface area contributed by atoms with Crippen LogP contribution in [-0.2, 0) is 6.54 Å². The van der Waals surface area contributed by atoms with E-state index in [0.29, 0.717) is 11.6 Å². The molecule has 5 nitrogen and oxygen atoms in total. The maximum atomic E-state index is 12.4. The number of nitrogens with one attached hydrogen (secondary N) is 1. The Balaban J connectivity index is 1.80. The van der Waals surface area contributed by atoms with Crippen LogP contribution in [0.25, 0.3) is 4.96 Å². The monoisotopic (exact) mass is 355 g/mol. The highest BCUT2D eigenvalue weighted by Gasteiger charge is 2.19. The number of ether oxygens (including phenoxy) is 1. The average molecular weight is 356 g/mol. The fourth-order valence-corrected chi connectivity index (χ4v) is 3.25. The molecule has 2 heterocycles. The van der Waals surface area contributed by atoms with Gasteiger partial charge in [-0.25, -0.2) is 4.98 Å². The molecule has 0 fully saturated rings. The van der Waals surface area contributed by atoms with Gasteiger partial charge in [0.25, 0.3) is 5.91 Å². The molecule has 2 aromatic heterocycles. The first-order valence-electron chi connectivity index (χ1n) is 6.31. The summed E-state index contributed by atoms with van der Waals surface area (Å²) in [5.74, 6) is -0.0989. The van der Waals surface area contributed by atoms with Crippen LogP contribution < -0.4 is 10.1 Å². The summed E-state index contributed by atoms with van der Waals surface area (Å²) in [6, 6.07) is 3.15. The zero-order valence-electron chi connectivity index (χ0n) is 11.5. The van der Waals surface area contributed by atoms with Gasteiger partial charge in [0.15, 0.2) is 10.7 Å². The number of hydrogen-bond donors (Lipinski definition) is 1. The van der Waals surface area contributed by atoms with Crippen molar-refractivity contribution in [2.24, 2.45) is 0 Å². The first-order valence-corrected chi connectivity index (χ1v) is 7.95. The summed E-state index contributed by atoms with van der Waals surface area (Å²) in [6.07, 6.45) is 3.78. The number of fused-ring (bicyclic) bond motifs is 1. The SMILES string of the molecule is COc1c(Cl)ccc(Cl)c1C(=O)NCc1cn2ccsc2n1. The first-order chi connectivity index (χ1) is 10.6. The number of nitrogens with zero attached hydrogens (tertiary/aromatic N) is 2. The normalized spacial score (nSPS) is 10.9. The molecule has 0 spiro atoms. The Kier molecular flexibility index (Phi) is 4.24. The summed E-state index contributed by atoms with van der Waals surface area (Å²) in [6.45, 7) is 0.291. The molecular formula is C14H11Cl2N3O2S. The smallest absolute Gasteiger partial charge is 0.256 e. The van der Waals surface area contributed by atoms with Gasteiger partial charge in [-0.2, -0.15) is 0 Å². The zero-order chi connectivity index (χ0) is 15.7. The van der Waals surface area contributed by atoms with Gasteiger partial charge < -0.3 is 10.1 Å². The van der Waals surface area contributed by atoms with Crippen molar-refractivity contribution in [3.63, 3.8) is 0 Å². The average Bonchev–Trinajstić information content (AvgIpc) is 3.07. The number of carbonyl (C=O) groups excluding carboxylic acids is 1. The third-order valence-corrected chi connectivity index (χ3v) is 4.45. The van der Waals surface area contributed by atoms with E-state index in [4.69, 9.17) is 27.9 Å². The largest absolute Gasteiger partial charge is 0.494 e. The summed E-state index contributed by atoms with van der Waals surface area (Å²) in [5.41, 5.74) is 0.981. The molecule has 1 N–H and O–H groups in total. The second-order valence-corrected chi connectivity index (χ2v) is 6.13. The fourth-order valence-electron chi connectivity index (χ4n) is 2.06. The van der Waals surface area contributed by atoms with Crippen molar-refractivity contribution in [2.75, 3.05) is 7.11 Å². The Morgan fingerprint density at radius 2 is 2.18 bits per heavy atom. The van der Waals surface area contributed by atoms with Crippen LogP contribution in [0.1, 0.15) is 16.1 Å². The van der Waals surface area contributed by atoms with Crippen molar-refractivity contribution < 1.29 is 9.53 Å². The Bertz CT molecular complexity index is 815. The molecule has 114 valence electrons. The number of aromatic nitrogens is 2. The van der Waals surface area contributed by atoms with Crippen molar-refractivity contribution in [1.29, 1.82) is 0 Å². The maximum absolute atomic E-state index is 12.4. The van der Waals surface area contributed by atoms with E-state index in [1.165, 1.54) is 18.4 Å². The van der Waals surface area contributed by atoms with Crippen LogP contribution >= 0.6 is 34.5 Å². The third kappa shape index (κ3) is 2.77. The van der Waals surface area contributed by atoms with Crippen LogP contribution in [0.5, 0.6) is 5.75 Å². The van der Waals surface area contributed by atoms with E-state index in [9.17, 15) is 4.79 Å². The molecule has 0 aliphatic carbocycles. The number of imidazole rings is 1. The lowest BCUT2D eigenvalue weighted by atomic mass is 10.2. The second-order valence-electron chi connectivity index (χ2n) is 4.45. The van der Waals surface area contributed by atoms with Gasteiger partial charge >= 0.3 is 0 Å². The molecule has 0 bridgehead atoms. The lowest BCUT2D eigenvalue weighted by Crippen LogP contribution is -2.24. The predicted octanol–water partition coefficient (Wildman–Crippen LogP) is 3.64. The number of amides is 1. The number of rotatable bonds is 4. The standard InChI is InChI=1S/C14H11Cl2N3O2S/c1-21-12-10(16)3-2-9(15)11(12)13(20)17-6-8-7-19-4-5-22-14(19)18-8/h2-5,7H,6H2,1H3,(H,17,20). The van der Waals surface area contributed by atoms with E-state index < -0.39 is 0 Å². The molecule has 0 saturated heterocycles. The molecule has 1 aromatic carbocycles. The number of methoxy groups -OCH3 is 1. The maximum Gasteiger partial charge on any atom is 0.256 e. The van der Waals surface area contributed by atoms with Crippen molar-refractivity contribution in [2.45, 2.75) is 6.54 Å². The quantitative estimate of drug-likeness (QED) is 0.777. The van der Waals surface area contributed by atoms with E-state index in [-0.39, 0.29) is 22.2 Å². The Hall–Kier alpha value is -1.76. The first kappa shape index (κ1) is 15.1. The molecule has 0 radical (unpaired) electrons. The molecule has 0 aliphatic rings. The summed E-state index contributed by atoms with van der Waals surface area (Å²) in [5, 5.41) is 5.34. The van der Waals surface area contributed by atoms with Crippen molar-refractivity contribution in [3.05, 3.63) is 51.2 Å². The van der Waals surface area contributed by atoms with Crippen LogP contribution in [0.3, 0.4) is 0 Å². The van der Waals surface area contributed by atoms with Gasteiger partial charge in [-0.1, -0.05) is 23.2 Å². The minimum absolute atomic E-state index is 0.220. The summed E-state index contributed by atoms with van der Waals surface area (Å²) in [7, 11) is 1.44. The van der Waals surface area contributed by atoms with Crippen LogP contribution in [0, 0.1) is 0 Å². The van der Waals surface area contributed by atoms with Gasteiger partial charge in [0.2, 0.25) is 0 Å². The molecule has 0 saturated carbocycles. The van der Waals surface area contributed by atoms with Gasteiger partial charge in [-0.05, 0) is 12.1 Å². The zero-order valence-corrected chi connectivity index (χ0v) is 13.8. The molecular weight excluding hydrogens is 345 g/mol. The molecule has 1 amide bonds. The summed E-state index contributed by atoms with van der Waals surface area (Å²) < 4.78 is 7.07. The van der Waals surface area contributed by atoms with Gasteiger partial charge in [0.05, 0.1) is 29.4 Å². The molecule has 22 heavy (non-hydrogen) atoms. The highest BCUT2D eigenvalue weighted by Crippen LogP contribution is 2.33. The molecule has 3 rings (SSSR count). The number of thiazole rings is 1. The Morgan fingerprint density at radius 3 is 2.91 bits per heavy atom. The lowest BCUT2D eigenvalue weighted by Gasteiger charge is -2.11. The van der Waals surface area contributed by atoms with Crippen molar-refractivity contribution >= 4 is 45.4 Å². The van der Waals surface area contributed by atoms with Gasteiger partial charge in [0.1, 0.15) is 5.56 Å². The lowest BCUT2D eigenvalue weighted by molar-refractivity contribution is 0.0947. The Morgan fingerprint density at radius 1 is 1.41 bits per heavy atom. The Labute approximate surface area is 140 Å². The fraction of sp³-hybridized carbons (Fsp3) is 0.143. The molecule has 0 aliphatic heterocycles. The second kappa shape index (κ2) is 6.16. The van der Waals surface area contributed by atoms with Crippen LogP contribution in [-0.4, -0.2) is 22.4 Å². The van der Waals surface area contributed by atoms with Crippen molar-refractivity contribution in [3.8, 4) is 5.75 Å². The molecule has 0 atom stereocenters. The van der Waals surface area contributed by atoms with E-state index in [1.54, 1.807) is 12.1 Å². The van der Waals surface area contributed by atoms with Gasteiger partial charge in [0, 0.05) is 17.8 Å². The number of carbonyl (C=O) groups is 1. The number of halogens is 2. The van der Waals surface area contributed by atoms with Crippen molar-refractivity contribution in [1.82, 2.24) is 14.7 Å². The molecule has 3 aromatic rings. The topological polar surface area (TPSA) is 55.6 Å². The van der Waals surface area contributed by atoms with E-state index in [1.807, 2.05) is 22.2 Å². The number of hydrogen-bond acceptors (Lipinski definition) is 4. The molecule has 0 unspecified atom stereocenters. The van der Waals surface area contributed by atoms with Crippen LogP contribution in [0.15, 0.2) is 29.9 Å². The minimum Gasteiger partial charge on any atom is -0.494 e. The van der Waals surface area contributed by atoms with Crippen LogP contribution in [0.2, 0.25) is 10.0 Å². The highest BCUT2D eigenvalue weighted by molar-refractivity contribution is 7.15. The third-order valence-electron chi connectivity index (χ3n) is 3.06. The summed E-state index contributed by atoms with van der Waals surface area (Å²) in [4.78, 5) is 17.6. The summed E-state index contributed by atoms with van der Waals surface area (Å²) >= 11 is 13.6. The van der Waals surface area contributed by atoms with Gasteiger partial charge in [-0.15, -0.1) is 11.3 Å². The van der Waals surface area contributed by atoms with E-state index >= 15 is 0 Å². The van der Waals surface area contributed by atoms with Gasteiger partial charge in [-0.3, -0.25) is 9.20 Å².